The second-order valence-corrected chi connectivity index (χ2v) is 10.4. The molecule has 7 heteroatoms. The lowest BCUT2D eigenvalue weighted by molar-refractivity contribution is 0.412. The number of hydrogen-bond acceptors (Lipinski definition) is 7. The number of hydrogen-bond donors (Lipinski definition) is 0. The highest BCUT2D eigenvalue weighted by molar-refractivity contribution is 5.65. The van der Waals surface area contributed by atoms with E-state index >= 15 is 0 Å². The molecule has 0 saturated carbocycles. The molecule has 0 radical (unpaired) electrons. The maximum atomic E-state index is 9.99. The minimum Gasteiger partial charge on any atom is -0.497 e. The largest absolute Gasteiger partial charge is 0.497 e. The Balaban J connectivity index is 1.11. The molecular weight excluding hydrogens is 588 g/mol. The van der Waals surface area contributed by atoms with Gasteiger partial charge >= 0.3 is 0 Å². The van der Waals surface area contributed by atoms with E-state index < -0.39 is 0 Å². The molecule has 0 bridgehead atoms. The van der Waals surface area contributed by atoms with Crippen molar-refractivity contribution in [3.05, 3.63) is 150 Å². The summed E-state index contributed by atoms with van der Waals surface area (Å²) in [5.74, 6) is 5.12. The molecule has 6 aromatic rings. The summed E-state index contributed by atoms with van der Waals surface area (Å²) in [7, 11) is 1.62. The Labute approximate surface area is 273 Å². The molecule has 228 valence electrons. The van der Waals surface area contributed by atoms with Crippen LogP contribution < -0.4 is 23.7 Å². The Kier molecular flexibility index (Phi) is 9.00. The van der Waals surface area contributed by atoms with Crippen molar-refractivity contribution in [2.45, 2.75) is 6.92 Å². The molecule has 0 amide bonds. The molecule has 0 fully saturated rings. The summed E-state index contributed by atoms with van der Waals surface area (Å²) < 4.78 is 29.2. The number of methoxy groups -OCH3 is 1. The molecule has 7 nitrogen and oxygen atoms in total. The normalized spacial score (nSPS) is 10.3. The van der Waals surface area contributed by atoms with Crippen LogP contribution in [0.4, 0.5) is 0 Å². The summed E-state index contributed by atoms with van der Waals surface area (Å²) in [6.07, 6.45) is 0. The summed E-state index contributed by atoms with van der Waals surface area (Å²) in [5, 5.41) is 19.5. The molecule has 0 heterocycles. The summed E-state index contributed by atoms with van der Waals surface area (Å²) in [6, 6.07) is 44.9. The van der Waals surface area contributed by atoms with Crippen LogP contribution in [0.2, 0.25) is 0 Å². The Morgan fingerprint density at radius 2 is 0.745 bits per heavy atom. The van der Waals surface area contributed by atoms with Crippen LogP contribution in [0.5, 0.6) is 51.7 Å². The lowest BCUT2D eigenvalue weighted by Gasteiger charge is -2.13. The van der Waals surface area contributed by atoms with Crippen molar-refractivity contribution in [1.82, 2.24) is 0 Å². The quantitative estimate of drug-likeness (QED) is 0.151. The van der Waals surface area contributed by atoms with Crippen LogP contribution in [-0.2, 0) is 0 Å². The van der Waals surface area contributed by atoms with Gasteiger partial charge in [0.05, 0.1) is 12.7 Å². The average molecular weight is 617 g/mol. The van der Waals surface area contributed by atoms with Gasteiger partial charge in [-0.3, -0.25) is 0 Å². The Morgan fingerprint density at radius 1 is 0.404 bits per heavy atom. The minimum absolute atomic E-state index is 0.277. The highest BCUT2D eigenvalue weighted by Gasteiger charge is 2.13. The molecule has 0 spiro atoms. The summed E-state index contributed by atoms with van der Waals surface area (Å²) in [4.78, 5) is 0. The third kappa shape index (κ3) is 7.17. The molecule has 0 aliphatic heterocycles. The number of nitriles is 2. The molecule has 6 aromatic carbocycles. The van der Waals surface area contributed by atoms with E-state index in [1.54, 1.807) is 55.6 Å². The predicted octanol–water partition coefficient (Wildman–Crippen LogP) is 10.6. The van der Waals surface area contributed by atoms with Crippen LogP contribution in [-0.4, -0.2) is 7.11 Å². The van der Waals surface area contributed by atoms with E-state index in [-0.39, 0.29) is 5.56 Å². The molecule has 0 aliphatic carbocycles. The highest BCUT2D eigenvalue weighted by atomic mass is 16.5. The van der Waals surface area contributed by atoms with Crippen LogP contribution in [0.3, 0.4) is 0 Å². The summed E-state index contributed by atoms with van der Waals surface area (Å²) in [5.41, 5.74) is 3.64. The molecule has 47 heavy (non-hydrogen) atoms. The molecule has 0 atom stereocenters. The maximum Gasteiger partial charge on any atom is 0.149 e. The fourth-order valence-electron chi connectivity index (χ4n) is 4.83. The second kappa shape index (κ2) is 13.9. The number of benzene rings is 6. The van der Waals surface area contributed by atoms with Gasteiger partial charge in [-0.1, -0.05) is 42.5 Å². The van der Waals surface area contributed by atoms with E-state index in [9.17, 15) is 10.5 Å². The van der Waals surface area contributed by atoms with Gasteiger partial charge < -0.3 is 23.7 Å². The average Bonchev–Trinajstić information content (AvgIpc) is 3.10. The first-order valence-corrected chi connectivity index (χ1v) is 14.7. The molecular formula is C40H28N2O5. The van der Waals surface area contributed by atoms with Crippen LogP contribution >= 0.6 is 0 Å². The van der Waals surface area contributed by atoms with Gasteiger partial charge in [0.2, 0.25) is 0 Å². The maximum absolute atomic E-state index is 9.99. The summed E-state index contributed by atoms with van der Waals surface area (Å²) >= 11 is 0. The topological polar surface area (TPSA) is 93.7 Å². The van der Waals surface area contributed by atoms with Crippen LogP contribution in [0, 0.1) is 29.6 Å². The first kappa shape index (κ1) is 30.3. The summed E-state index contributed by atoms with van der Waals surface area (Å²) in [6.45, 7) is 1.88. The van der Waals surface area contributed by atoms with E-state index in [2.05, 4.69) is 12.1 Å². The van der Waals surface area contributed by atoms with Crippen molar-refractivity contribution in [3.63, 3.8) is 0 Å². The fraction of sp³-hybridized carbons (Fsp3) is 0.0500. The Hall–Kier alpha value is -6.70. The molecule has 6 rings (SSSR count). The first-order valence-electron chi connectivity index (χ1n) is 14.7. The van der Waals surface area contributed by atoms with E-state index in [1.165, 1.54) is 0 Å². The molecule has 0 saturated heterocycles. The zero-order chi connectivity index (χ0) is 32.6. The van der Waals surface area contributed by atoms with Gasteiger partial charge in [-0.25, -0.2) is 0 Å². The van der Waals surface area contributed by atoms with Crippen molar-refractivity contribution < 1.29 is 23.7 Å². The van der Waals surface area contributed by atoms with E-state index in [4.69, 9.17) is 23.7 Å². The smallest absolute Gasteiger partial charge is 0.149 e. The third-order valence-electron chi connectivity index (χ3n) is 7.29. The molecule has 0 N–H and O–H groups in total. The van der Waals surface area contributed by atoms with Gasteiger partial charge in [-0.05, 0) is 115 Å². The van der Waals surface area contributed by atoms with Gasteiger partial charge in [0.15, 0.2) is 0 Å². The van der Waals surface area contributed by atoms with E-state index in [0.29, 0.717) is 51.6 Å². The van der Waals surface area contributed by atoms with Crippen LogP contribution in [0.15, 0.2) is 133 Å². The SMILES string of the molecule is COc1ccc(Oc2ccc(Oc3cccc(Oc4ccc(-c5ccc(Oc6cccc(C)c6C#N)cc5)cc4)c3C#N)cc2)cc1. The molecule has 0 unspecified atom stereocenters. The van der Waals surface area contributed by atoms with Crippen molar-refractivity contribution in [1.29, 1.82) is 10.5 Å². The monoisotopic (exact) mass is 616 g/mol. The minimum atomic E-state index is 0.277. The number of ether oxygens (including phenoxy) is 5. The van der Waals surface area contributed by atoms with Crippen molar-refractivity contribution in [2.24, 2.45) is 0 Å². The van der Waals surface area contributed by atoms with E-state index in [0.717, 1.165) is 22.4 Å². The molecule has 0 aromatic heterocycles. The van der Waals surface area contributed by atoms with Crippen LogP contribution in [0.25, 0.3) is 11.1 Å². The van der Waals surface area contributed by atoms with Crippen molar-refractivity contribution in [3.8, 4) is 75.0 Å². The zero-order valence-electron chi connectivity index (χ0n) is 25.6. The van der Waals surface area contributed by atoms with Crippen molar-refractivity contribution >= 4 is 0 Å². The fourth-order valence-corrected chi connectivity index (χ4v) is 4.83. The Morgan fingerprint density at radius 3 is 1.15 bits per heavy atom. The molecule has 0 aliphatic rings. The third-order valence-corrected chi connectivity index (χ3v) is 7.29. The second-order valence-electron chi connectivity index (χ2n) is 10.4. The first-order chi connectivity index (χ1) is 23.0. The lowest BCUT2D eigenvalue weighted by Crippen LogP contribution is -1.93. The standard InChI is InChI=1S/C40H28N2O5/c1-27-5-3-6-38(36(27)25-41)45-33-13-9-28(10-14-33)29-11-15-34(16-12-29)46-39-7-4-8-40(37(39)26-42)47-35-23-21-32(22-24-35)44-31-19-17-30(43-2)18-20-31/h3-24H,1-2H3. The number of rotatable bonds is 10. The van der Waals surface area contributed by atoms with Gasteiger partial charge in [0.25, 0.3) is 0 Å². The number of nitrogens with zero attached hydrogens (tertiary/aromatic N) is 2. The van der Waals surface area contributed by atoms with Gasteiger partial charge in [-0.15, -0.1) is 0 Å². The number of aryl methyl sites for hydroxylation is 1. The van der Waals surface area contributed by atoms with Gasteiger partial charge in [0.1, 0.15) is 69.4 Å². The van der Waals surface area contributed by atoms with Gasteiger partial charge in [0, 0.05) is 0 Å². The lowest BCUT2D eigenvalue weighted by atomic mass is 10.1. The van der Waals surface area contributed by atoms with Crippen molar-refractivity contribution in [2.75, 3.05) is 7.11 Å². The highest BCUT2D eigenvalue weighted by Crippen LogP contribution is 2.36. The van der Waals surface area contributed by atoms with Gasteiger partial charge in [-0.2, -0.15) is 10.5 Å². The predicted molar refractivity (Wildman–Crippen MR) is 179 cm³/mol. The van der Waals surface area contributed by atoms with E-state index in [1.807, 2.05) is 91.9 Å². The van der Waals surface area contributed by atoms with Crippen LogP contribution in [0.1, 0.15) is 16.7 Å². The zero-order valence-corrected chi connectivity index (χ0v) is 25.6. The Bertz CT molecular complexity index is 2080.